The number of hydrogen-bond acceptors (Lipinski definition) is 3. The standard InChI is InChI=1S/C13H14F2N2S/c1-8-6-17-12(18-8)7-16-9(2)10-4-3-5-11(14)13(10)15/h3-6,9,16H,7H2,1-2H3. The molecule has 0 aliphatic carbocycles. The van der Waals surface area contributed by atoms with Gasteiger partial charge in [-0.1, -0.05) is 12.1 Å². The van der Waals surface area contributed by atoms with Crippen molar-refractivity contribution >= 4 is 11.3 Å². The van der Waals surface area contributed by atoms with Crippen molar-refractivity contribution in [1.29, 1.82) is 0 Å². The number of thiazole rings is 1. The van der Waals surface area contributed by atoms with Crippen LogP contribution in [0.4, 0.5) is 8.78 Å². The molecule has 2 nitrogen and oxygen atoms in total. The maximum Gasteiger partial charge on any atom is 0.163 e. The van der Waals surface area contributed by atoms with Gasteiger partial charge in [0.05, 0.1) is 0 Å². The minimum atomic E-state index is -0.814. The van der Waals surface area contributed by atoms with Gasteiger partial charge in [-0.25, -0.2) is 13.8 Å². The Hall–Kier alpha value is -1.33. The molecule has 1 aromatic heterocycles. The van der Waals surface area contributed by atoms with Gasteiger partial charge in [0.1, 0.15) is 5.01 Å². The molecule has 1 N–H and O–H groups in total. The lowest BCUT2D eigenvalue weighted by molar-refractivity contribution is 0.472. The highest BCUT2D eigenvalue weighted by molar-refractivity contribution is 7.11. The first-order valence-corrected chi connectivity index (χ1v) is 6.48. The number of benzene rings is 1. The van der Waals surface area contributed by atoms with Gasteiger partial charge in [0.15, 0.2) is 11.6 Å². The summed E-state index contributed by atoms with van der Waals surface area (Å²) < 4.78 is 26.6. The molecule has 0 saturated carbocycles. The Balaban J connectivity index is 2.03. The van der Waals surface area contributed by atoms with Crippen LogP contribution < -0.4 is 5.32 Å². The molecule has 0 aliphatic heterocycles. The highest BCUT2D eigenvalue weighted by atomic mass is 32.1. The van der Waals surface area contributed by atoms with Crippen LogP contribution in [0.3, 0.4) is 0 Å². The molecule has 0 amide bonds. The summed E-state index contributed by atoms with van der Waals surface area (Å²) in [4.78, 5) is 5.35. The third kappa shape index (κ3) is 2.91. The summed E-state index contributed by atoms with van der Waals surface area (Å²) in [5.74, 6) is -1.60. The van der Waals surface area contributed by atoms with Crippen LogP contribution in [0, 0.1) is 18.6 Å². The predicted molar refractivity (Wildman–Crippen MR) is 68.5 cm³/mol. The molecule has 1 aromatic carbocycles. The summed E-state index contributed by atoms with van der Waals surface area (Å²) in [7, 11) is 0. The lowest BCUT2D eigenvalue weighted by Gasteiger charge is -2.14. The summed E-state index contributed by atoms with van der Waals surface area (Å²) in [5, 5.41) is 4.08. The number of halogens is 2. The Bertz CT molecular complexity index is 540. The second-order valence-electron chi connectivity index (χ2n) is 4.11. The van der Waals surface area contributed by atoms with Crippen LogP contribution in [0.2, 0.25) is 0 Å². The van der Waals surface area contributed by atoms with E-state index in [9.17, 15) is 8.78 Å². The molecule has 1 unspecified atom stereocenters. The topological polar surface area (TPSA) is 24.9 Å². The van der Waals surface area contributed by atoms with Crippen molar-refractivity contribution in [1.82, 2.24) is 10.3 Å². The van der Waals surface area contributed by atoms with Crippen LogP contribution in [0.25, 0.3) is 0 Å². The highest BCUT2D eigenvalue weighted by Crippen LogP contribution is 2.20. The second-order valence-corrected chi connectivity index (χ2v) is 5.43. The van der Waals surface area contributed by atoms with Crippen molar-refractivity contribution in [3.8, 4) is 0 Å². The number of aromatic nitrogens is 1. The normalized spacial score (nSPS) is 12.7. The fraction of sp³-hybridized carbons (Fsp3) is 0.308. The fourth-order valence-corrected chi connectivity index (χ4v) is 2.43. The Morgan fingerprint density at radius 3 is 2.83 bits per heavy atom. The van der Waals surface area contributed by atoms with E-state index in [0.717, 1.165) is 16.0 Å². The van der Waals surface area contributed by atoms with Crippen molar-refractivity contribution in [2.75, 3.05) is 0 Å². The Labute approximate surface area is 109 Å². The van der Waals surface area contributed by atoms with E-state index in [1.807, 2.05) is 6.92 Å². The molecule has 0 radical (unpaired) electrons. The van der Waals surface area contributed by atoms with E-state index in [0.29, 0.717) is 12.1 Å². The summed E-state index contributed by atoms with van der Waals surface area (Å²) in [6, 6.07) is 3.96. The van der Waals surface area contributed by atoms with Gasteiger partial charge < -0.3 is 5.32 Å². The van der Waals surface area contributed by atoms with Crippen molar-refractivity contribution in [2.45, 2.75) is 26.4 Å². The van der Waals surface area contributed by atoms with Gasteiger partial charge in [-0.3, -0.25) is 0 Å². The van der Waals surface area contributed by atoms with Gasteiger partial charge in [-0.2, -0.15) is 0 Å². The maximum atomic E-state index is 13.6. The Morgan fingerprint density at radius 1 is 1.39 bits per heavy atom. The lowest BCUT2D eigenvalue weighted by atomic mass is 10.1. The van der Waals surface area contributed by atoms with Gasteiger partial charge >= 0.3 is 0 Å². The van der Waals surface area contributed by atoms with Gasteiger partial charge in [0.2, 0.25) is 0 Å². The summed E-state index contributed by atoms with van der Waals surface area (Å²) in [6.07, 6.45) is 1.80. The van der Waals surface area contributed by atoms with Crippen LogP contribution in [0.5, 0.6) is 0 Å². The zero-order valence-corrected chi connectivity index (χ0v) is 11.0. The third-order valence-electron chi connectivity index (χ3n) is 2.68. The summed E-state index contributed by atoms with van der Waals surface area (Å²) in [6.45, 7) is 4.34. The Morgan fingerprint density at radius 2 is 2.17 bits per heavy atom. The average molecular weight is 268 g/mol. The van der Waals surface area contributed by atoms with E-state index in [-0.39, 0.29) is 6.04 Å². The van der Waals surface area contributed by atoms with Gasteiger partial charge in [-0.15, -0.1) is 11.3 Å². The number of nitrogens with zero attached hydrogens (tertiary/aromatic N) is 1. The molecular weight excluding hydrogens is 254 g/mol. The first-order valence-electron chi connectivity index (χ1n) is 5.66. The highest BCUT2D eigenvalue weighted by Gasteiger charge is 2.14. The van der Waals surface area contributed by atoms with Crippen LogP contribution in [0.1, 0.15) is 28.4 Å². The van der Waals surface area contributed by atoms with Crippen LogP contribution in [0.15, 0.2) is 24.4 Å². The predicted octanol–water partition coefficient (Wildman–Crippen LogP) is 3.58. The SMILES string of the molecule is Cc1cnc(CNC(C)c2cccc(F)c2F)s1. The zero-order valence-electron chi connectivity index (χ0n) is 10.2. The molecule has 1 heterocycles. The first-order chi connectivity index (χ1) is 8.58. The number of aryl methyl sites for hydroxylation is 1. The van der Waals surface area contributed by atoms with Crippen molar-refractivity contribution in [2.24, 2.45) is 0 Å². The molecule has 1 atom stereocenters. The molecule has 18 heavy (non-hydrogen) atoms. The minimum absolute atomic E-state index is 0.259. The molecule has 0 fully saturated rings. The van der Waals surface area contributed by atoms with Gasteiger partial charge in [0, 0.05) is 29.2 Å². The molecule has 5 heteroatoms. The summed E-state index contributed by atoms with van der Waals surface area (Å²) in [5.41, 5.74) is 0.336. The van der Waals surface area contributed by atoms with E-state index in [1.165, 1.54) is 6.07 Å². The van der Waals surface area contributed by atoms with Gasteiger partial charge in [-0.05, 0) is 19.9 Å². The van der Waals surface area contributed by atoms with E-state index in [2.05, 4.69) is 10.3 Å². The largest absolute Gasteiger partial charge is 0.304 e. The van der Waals surface area contributed by atoms with E-state index >= 15 is 0 Å². The van der Waals surface area contributed by atoms with E-state index in [1.54, 1.807) is 30.5 Å². The smallest absolute Gasteiger partial charge is 0.163 e. The van der Waals surface area contributed by atoms with Gasteiger partial charge in [0.25, 0.3) is 0 Å². The molecule has 0 saturated heterocycles. The number of nitrogens with one attached hydrogen (secondary N) is 1. The quantitative estimate of drug-likeness (QED) is 0.916. The van der Waals surface area contributed by atoms with E-state index in [4.69, 9.17) is 0 Å². The molecule has 2 aromatic rings. The summed E-state index contributed by atoms with van der Waals surface area (Å²) >= 11 is 1.59. The van der Waals surface area contributed by atoms with Crippen LogP contribution in [-0.2, 0) is 6.54 Å². The molecule has 0 spiro atoms. The third-order valence-corrected chi connectivity index (χ3v) is 3.59. The molecule has 2 rings (SSSR count). The minimum Gasteiger partial charge on any atom is -0.304 e. The fourth-order valence-electron chi connectivity index (χ4n) is 1.69. The number of rotatable bonds is 4. The molecule has 0 aliphatic rings. The monoisotopic (exact) mass is 268 g/mol. The lowest BCUT2D eigenvalue weighted by Crippen LogP contribution is -2.19. The maximum absolute atomic E-state index is 13.6. The van der Waals surface area contributed by atoms with Crippen molar-refractivity contribution < 1.29 is 8.78 Å². The zero-order chi connectivity index (χ0) is 13.1. The van der Waals surface area contributed by atoms with Crippen LogP contribution >= 0.6 is 11.3 Å². The van der Waals surface area contributed by atoms with Crippen molar-refractivity contribution in [3.05, 3.63) is 51.5 Å². The molecular formula is C13H14F2N2S. The van der Waals surface area contributed by atoms with Crippen molar-refractivity contribution in [3.63, 3.8) is 0 Å². The number of hydrogen-bond donors (Lipinski definition) is 1. The Kier molecular flexibility index (Phi) is 4.04. The van der Waals surface area contributed by atoms with Crippen LogP contribution in [-0.4, -0.2) is 4.98 Å². The molecule has 0 bridgehead atoms. The average Bonchev–Trinajstić information content (AvgIpc) is 2.76. The first kappa shape index (κ1) is 13.1. The van der Waals surface area contributed by atoms with E-state index < -0.39 is 11.6 Å². The second kappa shape index (κ2) is 5.54. The molecule has 96 valence electrons.